The van der Waals surface area contributed by atoms with Gasteiger partial charge in [-0.15, -0.1) is 11.8 Å². The summed E-state index contributed by atoms with van der Waals surface area (Å²) < 4.78 is 11.8. The van der Waals surface area contributed by atoms with E-state index in [0.717, 1.165) is 27.3 Å². The maximum Gasteiger partial charge on any atom is 0.240 e. The summed E-state index contributed by atoms with van der Waals surface area (Å²) in [5.74, 6) is 2.06. The molecule has 3 aromatic rings. The lowest BCUT2D eigenvalue weighted by molar-refractivity contribution is -0.115. The maximum absolute atomic E-state index is 12.6. The fourth-order valence-corrected chi connectivity index (χ4v) is 5.14. The number of para-hydroxylation sites is 1. The van der Waals surface area contributed by atoms with Gasteiger partial charge < -0.3 is 9.47 Å². The van der Waals surface area contributed by atoms with Crippen molar-refractivity contribution >= 4 is 44.4 Å². The minimum Gasteiger partial charge on any atom is -0.497 e. The highest BCUT2D eigenvalue weighted by Crippen LogP contribution is 2.46. The number of anilines is 1. The van der Waals surface area contributed by atoms with E-state index in [1.165, 1.54) is 11.3 Å². The summed E-state index contributed by atoms with van der Waals surface area (Å²) in [5.41, 5.74) is 1.85. The SMILES string of the molecule is COc1ccc2nc(N3C(=O)CS[C@H]3c3ccccc3OC)sc2c1. The Balaban J connectivity index is 1.77. The molecule has 0 spiro atoms. The van der Waals surface area contributed by atoms with Gasteiger partial charge in [-0.1, -0.05) is 29.5 Å². The van der Waals surface area contributed by atoms with Crippen molar-refractivity contribution in [2.45, 2.75) is 5.37 Å². The van der Waals surface area contributed by atoms with Crippen LogP contribution in [0, 0.1) is 0 Å². The first kappa shape index (κ1) is 16.2. The number of thioether (sulfide) groups is 1. The quantitative estimate of drug-likeness (QED) is 0.690. The van der Waals surface area contributed by atoms with Crippen LogP contribution < -0.4 is 14.4 Å². The number of hydrogen-bond acceptors (Lipinski definition) is 6. The van der Waals surface area contributed by atoms with Gasteiger partial charge in [0.25, 0.3) is 0 Å². The molecule has 2 aromatic carbocycles. The van der Waals surface area contributed by atoms with Crippen molar-refractivity contribution in [1.82, 2.24) is 4.98 Å². The molecule has 25 heavy (non-hydrogen) atoms. The maximum atomic E-state index is 12.6. The zero-order valence-electron chi connectivity index (χ0n) is 13.8. The second-order valence-electron chi connectivity index (χ2n) is 5.50. The highest BCUT2D eigenvalue weighted by molar-refractivity contribution is 8.00. The molecule has 0 unspecified atom stereocenters. The third kappa shape index (κ3) is 2.83. The van der Waals surface area contributed by atoms with E-state index < -0.39 is 0 Å². The molecule has 0 aliphatic carbocycles. The van der Waals surface area contributed by atoms with Crippen LogP contribution in [0.4, 0.5) is 5.13 Å². The van der Waals surface area contributed by atoms with E-state index in [1.807, 2.05) is 42.5 Å². The molecule has 128 valence electrons. The average Bonchev–Trinajstić information content (AvgIpc) is 3.23. The lowest BCUT2D eigenvalue weighted by Crippen LogP contribution is -2.27. The van der Waals surface area contributed by atoms with Gasteiger partial charge in [0, 0.05) is 5.56 Å². The molecule has 0 radical (unpaired) electrons. The second kappa shape index (κ2) is 6.57. The molecule has 5 nitrogen and oxygen atoms in total. The Morgan fingerprint density at radius 1 is 1.16 bits per heavy atom. The fraction of sp³-hybridized carbons (Fsp3) is 0.222. The number of nitrogens with zero attached hydrogens (tertiary/aromatic N) is 2. The Morgan fingerprint density at radius 2 is 2.00 bits per heavy atom. The van der Waals surface area contributed by atoms with Crippen molar-refractivity contribution in [2.24, 2.45) is 0 Å². The molecule has 0 N–H and O–H groups in total. The van der Waals surface area contributed by atoms with E-state index in [0.29, 0.717) is 10.9 Å². The number of fused-ring (bicyclic) bond motifs is 1. The van der Waals surface area contributed by atoms with E-state index in [2.05, 4.69) is 4.98 Å². The first-order chi connectivity index (χ1) is 12.2. The monoisotopic (exact) mass is 372 g/mol. The number of carbonyl (C=O) groups is 1. The molecule has 1 saturated heterocycles. The van der Waals surface area contributed by atoms with Crippen LogP contribution in [-0.4, -0.2) is 30.9 Å². The van der Waals surface area contributed by atoms with Crippen LogP contribution in [0.3, 0.4) is 0 Å². The molecule has 1 atom stereocenters. The highest BCUT2D eigenvalue weighted by atomic mass is 32.2. The minimum absolute atomic E-state index is 0.0620. The summed E-state index contributed by atoms with van der Waals surface area (Å²) in [7, 11) is 3.29. The normalized spacial score (nSPS) is 17.3. The van der Waals surface area contributed by atoms with Crippen LogP contribution in [0.2, 0.25) is 0 Å². The molecule has 0 bridgehead atoms. The van der Waals surface area contributed by atoms with Crippen LogP contribution >= 0.6 is 23.1 Å². The van der Waals surface area contributed by atoms with Crippen LogP contribution in [0.15, 0.2) is 42.5 Å². The number of rotatable bonds is 4. The molecule has 1 aliphatic heterocycles. The second-order valence-corrected chi connectivity index (χ2v) is 7.58. The standard InChI is InChI=1S/C18H16N2O3S2/c1-22-11-7-8-13-15(9-11)25-18(19-13)20-16(21)10-24-17(20)12-5-3-4-6-14(12)23-2/h3-9,17H,10H2,1-2H3/t17-/m0/s1. The number of ether oxygens (including phenoxy) is 2. The Kier molecular flexibility index (Phi) is 4.27. The Labute approximate surface area is 153 Å². The Bertz CT molecular complexity index is 941. The molecule has 1 aliphatic rings. The lowest BCUT2D eigenvalue weighted by atomic mass is 10.2. The van der Waals surface area contributed by atoms with Crippen LogP contribution in [0.5, 0.6) is 11.5 Å². The molecule has 1 amide bonds. The minimum atomic E-state index is -0.133. The van der Waals surface area contributed by atoms with Crippen molar-refractivity contribution < 1.29 is 14.3 Å². The van der Waals surface area contributed by atoms with Crippen molar-refractivity contribution in [1.29, 1.82) is 0 Å². The third-order valence-corrected chi connectivity index (χ3v) is 6.27. The lowest BCUT2D eigenvalue weighted by Gasteiger charge is -2.23. The first-order valence-electron chi connectivity index (χ1n) is 7.72. The molecular formula is C18H16N2O3S2. The zero-order chi connectivity index (χ0) is 17.4. The summed E-state index contributed by atoms with van der Waals surface area (Å²) in [6.07, 6.45) is 0. The Morgan fingerprint density at radius 3 is 2.80 bits per heavy atom. The summed E-state index contributed by atoms with van der Waals surface area (Å²) >= 11 is 3.09. The summed E-state index contributed by atoms with van der Waals surface area (Å²) in [6, 6.07) is 13.5. The van der Waals surface area contributed by atoms with Crippen molar-refractivity contribution in [3.63, 3.8) is 0 Å². The third-order valence-electron chi connectivity index (χ3n) is 4.06. The predicted molar refractivity (Wildman–Crippen MR) is 102 cm³/mol. The highest BCUT2D eigenvalue weighted by Gasteiger charge is 2.37. The van der Waals surface area contributed by atoms with Crippen molar-refractivity contribution in [3.05, 3.63) is 48.0 Å². The number of aromatic nitrogens is 1. The van der Waals surface area contributed by atoms with E-state index in [1.54, 1.807) is 30.9 Å². The van der Waals surface area contributed by atoms with Crippen molar-refractivity contribution in [2.75, 3.05) is 24.9 Å². The number of thiazole rings is 1. The van der Waals surface area contributed by atoms with E-state index >= 15 is 0 Å². The van der Waals surface area contributed by atoms with Gasteiger partial charge in [-0.2, -0.15) is 0 Å². The van der Waals surface area contributed by atoms with Gasteiger partial charge in [0.15, 0.2) is 5.13 Å². The van der Waals surface area contributed by atoms with E-state index in [-0.39, 0.29) is 11.3 Å². The molecule has 2 heterocycles. The van der Waals surface area contributed by atoms with Crippen molar-refractivity contribution in [3.8, 4) is 11.5 Å². The number of hydrogen-bond donors (Lipinski definition) is 0. The van der Waals surface area contributed by atoms with Gasteiger partial charge in [-0.25, -0.2) is 4.98 Å². The molecule has 0 saturated carbocycles. The topological polar surface area (TPSA) is 51.7 Å². The first-order valence-corrected chi connectivity index (χ1v) is 9.59. The van der Waals surface area contributed by atoms with Crippen LogP contribution in [0.25, 0.3) is 10.2 Å². The molecular weight excluding hydrogens is 356 g/mol. The van der Waals surface area contributed by atoms with Gasteiger partial charge in [0.1, 0.15) is 16.9 Å². The summed E-state index contributed by atoms with van der Waals surface area (Å²) in [4.78, 5) is 19.0. The number of carbonyl (C=O) groups excluding carboxylic acids is 1. The predicted octanol–water partition coefficient (Wildman–Crippen LogP) is 4.09. The summed E-state index contributed by atoms with van der Waals surface area (Å²) in [5, 5.41) is 0.570. The Hall–Kier alpha value is -2.25. The van der Waals surface area contributed by atoms with Crippen LogP contribution in [-0.2, 0) is 4.79 Å². The molecule has 1 aromatic heterocycles. The van der Waals surface area contributed by atoms with Crippen LogP contribution in [0.1, 0.15) is 10.9 Å². The average molecular weight is 372 g/mol. The molecule has 7 heteroatoms. The number of benzene rings is 2. The smallest absolute Gasteiger partial charge is 0.240 e. The molecule has 4 rings (SSSR count). The molecule has 1 fully saturated rings. The van der Waals surface area contributed by atoms with Gasteiger partial charge in [-0.05, 0) is 24.3 Å². The largest absolute Gasteiger partial charge is 0.497 e. The van der Waals surface area contributed by atoms with Gasteiger partial charge in [-0.3, -0.25) is 9.69 Å². The van der Waals surface area contributed by atoms with Gasteiger partial charge in [0.05, 0.1) is 30.2 Å². The number of amides is 1. The fourth-order valence-electron chi connectivity index (χ4n) is 2.85. The zero-order valence-corrected chi connectivity index (χ0v) is 15.4. The summed E-state index contributed by atoms with van der Waals surface area (Å²) in [6.45, 7) is 0. The number of methoxy groups -OCH3 is 2. The van der Waals surface area contributed by atoms with E-state index in [4.69, 9.17) is 9.47 Å². The van der Waals surface area contributed by atoms with E-state index in [9.17, 15) is 4.79 Å². The van der Waals surface area contributed by atoms with Gasteiger partial charge >= 0.3 is 0 Å². The van der Waals surface area contributed by atoms with Gasteiger partial charge in [0.2, 0.25) is 5.91 Å².